The summed E-state index contributed by atoms with van der Waals surface area (Å²) in [5, 5.41) is 3.64. The van der Waals surface area contributed by atoms with Gasteiger partial charge in [-0.2, -0.15) is 0 Å². The second kappa shape index (κ2) is 8.41. The van der Waals surface area contributed by atoms with Crippen molar-refractivity contribution < 1.29 is 9.53 Å². The van der Waals surface area contributed by atoms with Crippen LogP contribution < -0.4 is 10.1 Å². The fourth-order valence-electron chi connectivity index (χ4n) is 2.31. The summed E-state index contributed by atoms with van der Waals surface area (Å²) in [6.45, 7) is 5.94. The molecule has 128 valence electrons. The zero-order valence-corrected chi connectivity index (χ0v) is 15.5. The molecule has 0 aliphatic rings. The average molecular weight is 366 g/mol. The third kappa shape index (κ3) is 4.43. The molecule has 2 aromatic rings. The zero-order valence-electron chi connectivity index (χ0n) is 14.0. The van der Waals surface area contributed by atoms with E-state index in [1.54, 1.807) is 25.1 Å². The lowest BCUT2D eigenvalue weighted by atomic mass is 9.97. The van der Waals surface area contributed by atoms with E-state index in [-0.39, 0.29) is 5.91 Å². The normalized spacial score (nSPS) is 13.2. The second-order valence-electron chi connectivity index (χ2n) is 5.70. The van der Waals surface area contributed by atoms with Crippen LogP contribution in [0.5, 0.6) is 5.75 Å². The summed E-state index contributed by atoms with van der Waals surface area (Å²) in [5.41, 5.74) is 1.92. The predicted octanol–water partition coefficient (Wildman–Crippen LogP) is 5.91. The number of para-hydroxylation sites is 1. The summed E-state index contributed by atoms with van der Waals surface area (Å²) in [4.78, 5) is 12.5. The first-order valence-electron chi connectivity index (χ1n) is 7.94. The largest absolute Gasteiger partial charge is 0.479 e. The molecule has 3 nitrogen and oxygen atoms in total. The Labute approximate surface area is 152 Å². The first-order valence-corrected chi connectivity index (χ1v) is 8.70. The Hall–Kier alpha value is -1.71. The molecule has 0 aliphatic heterocycles. The lowest BCUT2D eigenvalue weighted by Gasteiger charge is -2.19. The fourth-order valence-corrected chi connectivity index (χ4v) is 2.65. The van der Waals surface area contributed by atoms with Crippen LogP contribution in [0.2, 0.25) is 10.0 Å². The SMILES string of the molecule is CC[C@@H](C)c1ccccc1NC(=O)[C@@H](C)Oc1cccc(Cl)c1Cl. The maximum atomic E-state index is 12.5. The third-order valence-electron chi connectivity index (χ3n) is 3.95. The van der Waals surface area contributed by atoms with Crippen molar-refractivity contribution >= 4 is 34.8 Å². The number of rotatable bonds is 6. The van der Waals surface area contributed by atoms with E-state index in [9.17, 15) is 4.79 Å². The molecule has 0 bridgehead atoms. The van der Waals surface area contributed by atoms with E-state index >= 15 is 0 Å². The van der Waals surface area contributed by atoms with Crippen LogP contribution in [-0.4, -0.2) is 12.0 Å². The van der Waals surface area contributed by atoms with Crippen LogP contribution in [0.4, 0.5) is 5.69 Å². The van der Waals surface area contributed by atoms with E-state index in [0.717, 1.165) is 17.7 Å². The van der Waals surface area contributed by atoms with Crippen molar-refractivity contribution in [2.45, 2.75) is 39.2 Å². The molecule has 0 aromatic heterocycles. The standard InChI is InChI=1S/C19H21Cl2NO2/c1-4-12(2)14-8-5-6-10-16(14)22-19(23)13(3)24-17-11-7-9-15(20)18(17)21/h5-13H,4H2,1-3H3,(H,22,23)/t12-,13-/m1/s1. The molecule has 0 saturated heterocycles. The molecule has 2 aromatic carbocycles. The number of amides is 1. The Balaban J connectivity index is 2.11. The van der Waals surface area contributed by atoms with Gasteiger partial charge < -0.3 is 10.1 Å². The van der Waals surface area contributed by atoms with Crippen LogP contribution in [0.25, 0.3) is 0 Å². The summed E-state index contributed by atoms with van der Waals surface area (Å²) in [5.74, 6) is 0.518. The van der Waals surface area contributed by atoms with Gasteiger partial charge in [0.15, 0.2) is 6.10 Å². The van der Waals surface area contributed by atoms with Gasteiger partial charge in [-0.15, -0.1) is 0 Å². The van der Waals surface area contributed by atoms with Gasteiger partial charge >= 0.3 is 0 Å². The van der Waals surface area contributed by atoms with E-state index in [0.29, 0.717) is 21.7 Å². The number of benzene rings is 2. The number of hydrogen-bond donors (Lipinski definition) is 1. The molecule has 0 spiro atoms. The molecular formula is C19H21Cl2NO2. The number of carbonyl (C=O) groups is 1. The van der Waals surface area contributed by atoms with Gasteiger partial charge in [0.25, 0.3) is 5.91 Å². The highest BCUT2D eigenvalue weighted by Crippen LogP contribution is 2.32. The van der Waals surface area contributed by atoms with Gasteiger partial charge in [-0.1, -0.05) is 61.3 Å². The quantitative estimate of drug-likeness (QED) is 0.690. The third-order valence-corrected chi connectivity index (χ3v) is 4.75. The minimum absolute atomic E-state index is 0.234. The van der Waals surface area contributed by atoms with Crippen LogP contribution in [0.1, 0.15) is 38.7 Å². The van der Waals surface area contributed by atoms with Crippen LogP contribution in [0, 0.1) is 0 Å². The fraction of sp³-hybridized carbons (Fsp3) is 0.316. The van der Waals surface area contributed by atoms with Gasteiger partial charge in [-0.3, -0.25) is 4.79 Å². The summed E-state index contributed by atoms with van der Waals surface area (Å²) in [6, 6.07) is 12.9. The number of nitrogens with one attached hydrogen (secondary N) is 1. The second-order valence-corrected chi connectivity index (χ2v) is 6.48. The highest BCUT2D eigenvalue weighted by molar-refractivity contribution is 6.42. The Morgan fingerprint density at radius 2 is 1.83 bits per heavy atom. The Kier molecular flexibility index (Phi) is 6.52. The molecule has 0 heterocycles. The van der Waals surface area contributed by atoms with E-state index < -0.39 is 6.10 Å². The summed E-state index contributed by atoms with van der Waals surface area (Å²) in [6.07, 6.45) is 0.294. The number of hydrogen-bond acceptors (Lipinski definition) is 2. The minimum Gasteiger partial charge on any atom is -0.479 e. The van der Waals surface area contributed by atoms with Crippen molar-refractivity contribution in [3.05, 3.63) is 58.1 Å². The molecule has 0 aliphatic carbocycles. The Morgan fingerprint density at radius 3 is 2.54 bits per heavy atom. The summed E-state index contributed by atoms with van der Waals surface area (Å²) < 4.78 is 5.66. The van der Waals surface area contributed by atoms with Crippen LogP contribution in [0.3, 0.4) is 0 Å². The van der Waals surface area contributed by atoms with Crippen molar-refractivity contribution in [2.24, 2.45) is 0 Å². The lowest BCUT2D eigenvalue weighted by molar-refractivity contribution is -0.122. The topological polar surface area (TPSA) is 38.3 Å². The van der Waals surface area contributed by atoms with Crippen molar-refractivity contribution in [3.63, 3.8) is 0 Å². The van der Waals surface area contributed by atoms with Gasteiger partial charge in [-0.05, 0) is 43.0 Å². The van der Waals surface area contributed by atoms with Crippen molar-refractivity contribution in [1.82, 2.24) is 0 Å². The zero-order chi connectivity index (χ0) is 17.7. The minimum atomic E-state index is -0.703. The highest BCUT2D eigenvalue weighted by atomic mass is 35.5. The number of carbonyl (C=O) groups excluding carboxylic acids is 1. The molecule has 1 amide bonds. The Morgan fingerprint density at radius 1 is 1.12 bits per heavy atom. The molecule has 24 heavy (non-hydrogen) atoms. The first-order chi connectivity index (χ1) is 11.4. The maximum absolute atomic E-state index is 12.5. The van der Waals surface area contributed by atoms with Gasteiger partial charge in [0.05, 0.1) is 5.02 Å². The first kappa shape index (κ1) is 18.6. The smallest absolute Gasteiger partial charge is 0.265 e. The molecule has 0 unspecified atom stereocenters. The van der Waals surface area contributed by atoms with Gasteiger partial charge in [0.1, 0.15) is 10.8 Å². The van der Waals surface area contributed by atoms with Crippen LogP contribution in [-0.2, 0) is 4.79 Å². The van der Waals surface area contributed by atoms with Crippen LogP contribution >= 0.6 is 23.2 Å². The molecule has 1 N–H and O–H groups in total. The number of ether oxygens (including phenoxy) is 1. The van der Waals surface area contributed by atoms with E-state index in [4.69, 9.17) is 27.9 Å². The number of anilines is 1. The summed E-state index contributed by atoms with van der Waals surface area (Å²) >= 11 is 12.1. The summed E-state index contributed by atoms with van der Waals surface area (Å²) in [7, 11) is 0. The average Bonchev–Trinajstić information content (AvgIpc) is 2.58. The molecular weight excluding hydrogens is 345 g/mol. The Bertz CT molecular complexity index is 718. The van der Waals surface area contributed by atoms with E-state index in [2.05, 4.69) is 19.2 Å². The van der Waals surface area contributed by atoms with Crippen molar-refractivity contribution in [3.8, 4) is 5.75 Å². The van der Waals surface area contributed by atoms with Gasteiger partial charge in [-0.25, -0.2) is 0 Å². The lowest BCUT2D eigenvalue weighted by Crippen LogP contribution is -2.30. The molecule has 0 fully saturated rings. The molecule has 2 atom stereocenters. The molecule has 5 heteroatoms. The van der Waals surface area contributed by atoms with Crippen LogP contribution in [0.15, 0.2) is 42.5 Å². The highest BCUT2D eigenvalue weighted by Gasteiger charge is 2.19. The van der Waals surface area contributed by atoms with Crippen molar-refractivity contribution in [2.75, 3.05) is 5.32 Å². The molecule has 2 rings (SSSR count). The molecule has 0 saturated carbocycles. The molecule has 0 radical (unpaired) electrons. The van der Waals surface area contributed by atoms with Crippen molar-refractivity contribution in [1.29, 1.82) is 0 Å². The van der Waals surface area contributed by atoms with E-state index in [1.165, 1.54) is 0 Å². The van der Waals surface area contributed by atoms with E-state index in [1.807, 2.05) is 24.3 Å². The van der Waals surface area contributed by atoms with Gasteiger partial charge in [0.2, 0.25) is 0 Å². The monoisotopic (exact) mass is 365 g/mol. The predicted molar refractivity (Wildman–Crippen MR) is 100 cm³/mol. The maximum Gasteiger partial charge on any atom is 0.265 e. The van der Waals surface area contributed by atoms with Gasteiger partial charge in [0, 0.05) is 5.69 Å². The number of halogens is 2.